The molecule has 1 aliphatic rings. The largest absolute Gasteiger partial charge is 0.317 e. The zero-order valence-corrected chi connectivity index (χ0v) is 13.3. The lowest BCUT2D eigenvalue weighted by molar-refractivity contribution is 0.391. The van der Waals surface area contributed by atoms with Crippen LogP contribution in [0.4, 0.5) is 0 Å². The van der Waals surface area contributed by atoms with Crippen LogP contribution in [0.2, 0.25) is 0 Å². The van der Waals surface area contributed by atoms with Gasteiger partial charge in [-0.05, 0) is 25.7 Å². The molecule has 20 heavy (non-hydrogen) atoms. The third kappa shape index (κ3) is 3.03. The lowest BCUT2D eigenvalue weighted by Gasteiger charge is -2.24. The topological polar surface area (TPSA) is 76.9 Å². The van der Waals surface area contributed by atoms with Crippen molar-refractivity contribution in [2.75, 3.05) is 0 Å². The molecule has 0 saturated heterocycles. The Morgan fingerprint density at radius 3 is 2.45 bits per heavy atom. The Bertz CT molecular complexity index is 545. The molecule has 6 nitrogen and oxygen atoms in total. The average Bonchev–Trinajstić information content (AvgIpc) is 2.68. The number of hydrogen-bond acceptors (Lipinski definition) is 4. The van der Waals surface area contributed by atoms with Crippen molar-refractivity contribution in [2.45, 2.75) is 63.7 Å². The van der Waals surface area contributed by atoms with E-state index < -0.39 is 10.0 Å². The highest BCUT2D eigenvalue weighted by atomic mass is 32.2. The van der Waals surface area contributed by atoms with Crippen LogP contribution in [0.15, 0.2) is 0 Å². The van der Waals surface area contributed by atoms with Crippen molar-refractivity contribution in [3.63, 3.8) is 0 Å². The van der Waals surface area contributed by atoms with Crippen molar-refractivity contribution >= 4 is 10.0 Å². The fourth-order valence-electron chi connectivity index (χ4n) is 2.56. The number of nitrogens with one attached hydrogen (secondary N) is 1. The summed E-state index contributed by atoms with van der Waals surface area (Å²) in [6.07, 6.45) is 4.81. The molecular weight excluding hydrogens is 276 g/mol. The maximum Gasteiger partial charge on any atom is 0.214 e. The van der Waals surface area contributed by atoms with E-state index in [0.29, 0.717) is 24.6 Å². The van der Waals surface area contributed by atoms with Crippen molar-refractivity contribution in [1.29, 1.82) is 0 Å². The molecule has 1 N–H and O–H groups in total. The molecule has 0 radical (unpaired) electrons. The minimum absolute atomic E-state index is 0.217. The van der Waals surface area contributed by atoms with Crippen LogP contribution in [0.3, 0.4) is 0 Å². The molecule has 0 aliphatic heterocycles. The summed E-state index contributed by atoms with van der Waals surface area (Å²) in [5, 5.41) is 7.99. The highest BCUT2D eigenvalue weighted by molar-refractivity contribution is 7.90. The van der Waals surface area contributed by atoms with Gasteiger partial charge in [-0.15, -0.1) is 10.2 Å². The molecule has 2 rings (SSSR count). The van der Waals surface area contributed by atoms with Gasteiger partial charge in [0.05, 0.1) is 11.8 Å². The predicted octanol–water partition coefficient (Wildman–Crippen LogP) is 1.69. The molecular formula is C13H24N4O2S. The van der Waals surface area contributed by atoms with Gasteiger partial charge in [0.15, 0.2) is 0 Å². The Morgan fingerprint density at radius 1 is 1.30 bits per heavy atom. The van der Waals surface area contributed by atoms with Crippen molar-refractivity contribution in [2.24, 2.45) is 7.05 Å². The van der Waals surface area contributed by atoms with E-state index in [1.54, 1.807) is 0 Å². The summed E-state index contributed by atoms with van der Waals surface area (Å²) in [4.78, 5) is 0. The summed E-state index contributed by atoms with van der Waals surface area (Å²) < 4.78 is 28.8. The summed E-state index contributed by atoms with van der Waals surface area (Å²) in [5.74, 6) is 2.16. The van der Waals surface area contributed by atoms with Gasteiger partial charge in [0.2, 0.25) is 10.0 Å². The Kier molecular flexibility index (Phi) is 4.80. The van der Waals surface area contributed by atoms with Gasteiger partial charge in [0, 0.05) is 13.0 Å². The van der Waals surface area contributed by atoms with Gasteiger partial charge in [-0.1, -0.05) is 20.3 Å². The second kappa shape index (κ2) is 6.22. The highest BCUT2D eigenvalue weighted by Gasteiger charge is 2.26. The molecule has 1 aromatic heterocycles. The SMILES string of the molecule is CCC(CC)S(=O)(=O)NCc1nnc(C2CCC2)n1C. The third-order valence-corrected chi connectivity index (χ3v) is 6.34. The van der Waals surface area contributed by atoms with Gasteiger partial charge in [0.1, 0.15) is 11.6 Å². The fraction of sp³-hybridized carbons (Fsp3) is 0.846. The number of rotatable bonds is 7. The Balaban J connectivity index is 2.02. The third-order valence-electron chi connectivity index (χ3n) is 4.25. The first-order chi connectivity index (χ1) is 9.49. The first kappa shape index (κ1) is 15.4. The van der Waals surface area contributed by atoms with Crippen LogP contribution in [0, 0.1) is 0 Å². The van der Waals surface area contributed by atoms with E-state index in [1.807, 2.05) is 25.5 Å². The highest BCUT2D eigenvalue weighted by Crippen LogP contribution is 2.35. The van der Waals surface area contributed by atoms with Crippen LogP contribution in [0.25, 0.3) is 0 Å². The maximum atomic E-state index is 12.1. The number of nitrogens with zero attached hydrogens (tertiary/aromatic N) is 3. The van der Waals surface area contributed by atoms with Gasteiger partial charge >= 0.3 is 0 Å². The van der Waals surface area contributed by atoms with Crippen LogP contribution in [-0.2, 0) is 23.6 Å². The Labute approximate surface area is 121 Å². The van der Waals surface area contributed by atoms with Gasteiger partial charge < -0.3 is 4.57 Å². The standard InChI is InChI=1S/C13H24N4O2S/c1-4-11(5-2)20(18,19)14-9-12-15-16-13(17(12)3)10-7-6-8-10/h10-11,14H,4-9H2,1-3H3. The van der Waals surface area contributed by atoms with E-state index in [1.165, 1.54) is 6.42 Å². The Morgan fingerprint density at radius 2 is 1.95 bits per heavy atom. The molecule has 0 aromatic carbocycles. The quantitative estimate of drug-likeness (QED) is 0.831. The van der Waals surface area contributed by atoms with E-state index in [0.717, 1.165) is 18.7 Å². The van der Waals surface area contributed by atoms with Crippen molar-refractivity contribution in [1.82, 2.24) is 19.5 Å². The molecule has 0 unspecified atom stereocenters. The first-order valence-electron chi connectivity index (χ1n) is 7.36. The molecule has 0 amide bonds. The number of hydrogen-bond donors (Lipinski definition) is 1. The van der Waals surface area contributed by atoms with E-state index in [-0.39, 0.29) is 11.8 Å². The normalized spacial score (nSPS) is 16.6. The van der Waals surface area contributed by atoms with E-state index in [9.17, 15) is 8.42 Å². The lowest BCUT2D eigenvalue weighted by atomic mass is 9.85. The Hall–Kier alpha value is -0.950. The summed E-state index contributed by atoms with van der Waals surface area (Å²) in [6.45, 7) is 4.00. The van der Waals surface area contributed by atoms with Gasteiger partial charge in [-0.2, -0.15) is 0 Å². The summed E-state index contributed by atoms with van der Waals surface area (Å²) in [6, 6.07) is 0. The second-order valence-electron chi connectivity index (χ2n) is 5.47. The zero-order valence-electron chi connectivity index (χ0n) is 12.5. The summed E-state index contributed by atoms with van der Waals surface area (Å²) in [7, 11) is -1.36. The van der Waals surface area contributed by atoms with E-state index in [4.69, 9.17) is 0 Å². The summed E-state index contributed by atoms with van der Waals surface area (Å²) >= 11 is 0. The maximum absolute atomic E-state index is 12.1. The van der Waals surface area contributed by atoms with Crippen molar-refractivity contribution < 1.29 is 8.42 Å². The number of sulfonamides is 1. The van der Waals surface area contributed by atoms with Crippen LogP contribution in [-0.4, -0.2) is 28.4 Å². The van der Waals surface area contributed by atoms with Gasteiger partial charge in [-0.25, -0.2) is 13.1 Å². The smallest absolute Gasteiger partial charge is 0.214 e. The van der Waals surface area contributed by atoms with Gasteiger partial charge in [-0.3, -0.25) is 0 Å². The van der Waals surface area contributed by atoms with Crippen molar-refractivity contribution in [3.05, 3.63) is 11.6 Å². The predicted molar refractivity (Wildman–Crippen MR) is 77.7 cm³/mol. The minimum Gasteiger partial charge on any atom is -0.317 e. The lowest BCUT2D eigenvalue weighted by Crippen LogP contribution is -2.34. The van der Waals surface area contributed by atoms with E-state index >= 15 is 0 Å². The van der Waals surface area contributed by atoms with Gasteiger partial charge in [0.25, 0.3) is 0 Å². The number of aromatic nitrogens is 3. The first-order valence-corrected chi connectivity index (χ1v) is 8.90. The molecule has 1 fully saturated rings. The van der Waals surface area contributed by atoms with Crippen LogP contribution >= 0.6 is 0 Å². The minimum atomic E-state index is -3.27. The zero-order chi connectivity index (χ0) is 14.8. The average molecular weight is 300 g/mol. The monoisotopic (exact) mass is 300 g/mol. The molecule has 1 saturated carbocycles. The molecule has 0 atom stereocenters. The molecule has 0 spiro atoms. The van der Waals surface area contributed by atoms with Crippen molar-refractivity contribution in [3.8, 4) is 0 Å². The molecule has 1 aromatic rings. The molecule has 1 heterocycles. The van der Waals surface area contributed by atoms with Crippen LogP contribution in [0.1, 0.15) is 63.5 Å². The fourth-order valence-corrected chi connectivity index (χ4v) is 4.01. The second-order valence-corrected chi connectivity index (χ2v) is 7.51. The molecule has 1 aliphatic carbocycles. The summed E-state index contributed by atoms with van der Waals surface area (Å²) in [5.41, 5.74) is 0. The molecule has 7 heteroatoms. The molecule has 114 valence electrons. The molecule has 0 bridgehead atoms. The van der Waals surface area contributed by atoms with E-state index in [2.05, 4.69) is 14.9 Å². The van der Waals surface area contributed by atoms with Crippen LogP contribution in [0.5, 0.6) is 0 Å². The van der Waals surface area contributed by atoms with Crippen LogP contribution < -0.4 is 4.72 Å².